The molecular weight excluding hydrogens is 297 g/mol. The molecule has 0 fully saturated rings. The lowest BCUT2D eigenvalue weighted by Crippen LogP contribution is -2.09. The minimum Gasteiger partial charge on any atom is -0.292 e. The summed E-state index contributed by atoms with van der Waals surface area (Å²) in [4.78, 5) is 0. The molecule has 0 bridgehead atoms. The molecule has 2 nitrogen and oxygen atoms in total. The standard InChI is InChI=1S/C12H10ClF3N2S/c1-7-10(12(14,15)16)17-18(11(7)19)6-8-2-4-9(13)5-3-8/h2-5,17H,6H2,1H3. The third kappa shape index (κ3) is 3.01. The fourth-order valence-electron chi connectivity index (χ4n) is 1.74. The first-order valence-corrected chi connectivity index (χ1v) is 6.18. The Balaban J connectivity index is 2.37. The molecule has 102 valence electrons. The Labute approximate surface area is 117 Å². The maximum Gasteiger partial charge on any atom is 0.433 e. The van der Waals surface area contributed by atoms with E-state index in [2.05, 4.69) is 5.10 Å². The van der Waals surface area contributed by atoms with Crippen LogP contribution in [0.1, 0.15) is 16.8 Å². The van der Waals surface area contributed by atoms with Gasteiger partial charge in [-0.15, -0.1) is 0 Å². The SMILES string of the molecule is Cc1c(C(F)(F)F)[nH]n(Cc2ccc(Cl)cc2)c1=S. The molecule has 1 aromatic heterocycles. The maximum absolute atomic E-state index is 12.7. The van der Waals surface area contributed by atoms with Gasteiger partial charge < -0.3 is 0 Å². The highest BCUT2D eigenvalue weighted by molar-refractivity contribution is 7.71. The first-order valence-electron chi connectivity index (χ1n) is 5.40. The Hall–Kier alpha value is -1.27. The Morgan fingerprint density at radius 1 is 1.26 bits per heavy atom. The summed E-state index contributed by atoms with van der Waals surface area (Å²) in [5, 5.41) is 2.88. The fraction of sp³-hybridized carbons (Fsp3) is 0.250. The minimum atomic E-state index is -4.43. The molecule has 7 heteroatoms. The molecule has 0 unspecified atom stereocenters. The van der Waals surface area contributed by atoms with Gasteiger partial charge >= 0.3 is 6.18 Å². The number of nitrogens with zero attached hydrogens (tertiary/aromatic N) is 1. The van der Waals surface area contributed by atoms with Crippen molar-refractivity contribution >= 4 is 23.8 Å². The number of benzene rings is 1. The second-order valence-corrected chi connectivity index (χ2v) is 4.95. The van der Waals surface area contributed by atoms with E-state index in [0.29, 0.717) is 5.02 Å². The van der Waals surface area contributed by atoms with Gasteiger partial charge in [-0.3, -0.25) is 9.78 Å². The highest BCUT2D eigenvalue weighted by atomic mass is 35.5. The second kappa shape index (κ2) is 5.02. The van der Waals surface area contributed by atoms with Crippen LogP contribution in [0.5, 0.6) is 0 Å². The molecule has 0 saturated carbocycles. The number of aromatic amines is 1. The number of rotatable bonds is 2. The normalized spacial score (nSPS) is 11.8. The van der Waals surface area contributed by atoms with Gasteiger partial charge in [0.15, 0.2) is 0 Å². The average molecular weight is 307 g/mol. The molecule has 1 N–H and O–H groups in total. The average Bonchev–Trinajstić information content (AvgIpc) is 2.60. The molecule has 0 aliphatic rings. The third-order valence-electron chi connectivity index (χ3n) is 2.73. The molecule has 0 amide bonds. The summed E-state index contributed by atoms with van der Waals surface area (Å²) in [5.41, 5.74) is 0.0541. The highest BCUT2D eigenvalue weighted by Gasteiger charge is 2.35. The number of alkyl halides is 3. The van der Waals surface area contributed by atoms with E-state index >= 15 is 0 Å². The van der Waals surface area contributed by atoms with E-state index in [1.807, 2.05) is 0 Å². The van der Waals surface area contributed by atoms with Crippen LogP contribution in [0.4, 0.5) is 13.2 Å². The Kier molecular flexibility index (Phi) is 3.73. The number of H-pyrrole nitrogens is 1. The molecule has 1 heterocycles. The molecule has 0 aliphatic heterocycles. The predicted molar refractivity (Wildman–Crippen MR) is 69.9 cm³/mol. The van der Waals surface area contributed by atoms with Crippen molar-refractivity contribution in [3.8, 4) is 0 Å². The van der Waals surface area contributed by atoms with E-state index in [9.17, 15) is 13.2 Å². The van der Waals surface area contributed by atoms with Crippen LogP contribution in [0.15, 0.2) is 24.3 Å². The predicted octanol–water partition coefficient (Wildman–Crippen LogP) is 4.57. The quantitative estimate of drug-likeness (QED) is 0.806. The Morgan fingerprint density at radius 2 is 1.84 bits per heavy atom. The zero-order valence-corrected chi connectivity index (χ0v) is 11.5. The van der Waals surface area contributed by atoms with Crippen LogP contribution in [0.2, 0.25) is 5.02 Å². The van der Waals surface area contributed by atoms with Crippen LogP contribution in [0.25, 0.3) is 0 Å². The number of halogens is 4. The van der Waals surface area contributed by atoms with Crippen molar-refractivity contribution in [1.29, 1.82) is 0 Å². The van der Waals surface area contributed by atoms with Gasteiger partial charge in [0.1, 0.15) is 10.3 Å². The molecule has 0 radical (unpaired) electrons. The van der Waals surface area contributed by atoms with Gasteiger partial charge in [0.25, 0.3) is 0 Å². The summed E-state index contributed by atoms with van der Waals surface area (Å²) in [6.45, 7) is 1.60. The summed E-state index contributed by atoms with van der Waals surface area (Å²) >= 11 is 10.8. The van der Waals surface area contributed by atoms with E-state index in [4.69, 9.17) is 23.8 Å². The summed E-state index contributed by atoms with van der Waals surface area (Å²) < 4.78 is 39.6. The lowest BCUT2D eigenvalue weighted by Gasteiger charge is -2.05. The molecule has 1 aromatic carbocycles. The summed E-state index contributed by atoms with van der Waals surface area (Å²) in [7, 11) is 0. The van der Waals surface area contributed by atoms with Gasteiger partial charge in [-0.05, 0) is 24.6 Å². The lowest BCUT2D eigenvalue weighted by atomic mass is 10.2. The van der Waals surface area contributed by atoms with E-state index in [1.54, 1.807) is 24.3 Å². The van der Waals surface area contributed by atoms with Gasteiger partial charge in [0.2, 0.25) is 0 Å². The van der Waals surface area contributed by atoms with Crippen LogP contribution in [0, 0.1) is 11.6 Å². The van der Waals surface area contributed by atoms with Crippen molar-refractivity contribution in [2.24, 2.45) is 0 Å². The Morgan fingerprint density at radius 3 is 2.32 bits per heavy atom. The van der Waals surface area contributed by atoms with E-state index in [1.165, 1.54) is 11.6 Å². The van der Waals surface area contributed by atoms with Crippen molar-refractivity contribution < 1.29 is 13.2 Å². The molecule has 2 aromatic rings. The monoisotopic (exact) mass is 306 g/mol. The number of aromatic nitrogens is 2. The molecule has 0 atom stereocenters. The number of hydrogen-bond acceptors (Lipinski definition) is 1. The van der Waals surface area contributed by atoms with Crippen molar-refractivity contribution in [2.75, 3.05) is 0 Å². The Bertz CT molecular complexity index is 640. The van der Waals surface area contributed by atoms with E-state index in [0.717, 1.165) is 5.56 Å². The van der Waals surface area contributed by atoms with Crippen molar-refractivity contribution in [1.82, 2.24) is 9.78 Å². The van der Waals surface area contributed by atoms with Crippen molar-refractivity contribution in [3.63, 3.8) is 0 Å². The number of nitrogens with one attached hydrogen (secondary N) is 1. The smallest absolute Gasteiger partial charge is 0.292 e. The topological polar surface area (TPSA) is 20.7 Å². The summed E-state index contributed by atoms with van der Waals surface area (Å²) in [6, 6.07) is 6.85. The molecule has 0 saturated heterocycles. The van der Waals surface area contributed by atoms with Gasteiger partial charge in [-0.1, -0.05) is 36.0 Å². The van der Waals surface area contributed by atoms with Gasteiger partial charge in [0, 0.05) is 10.6 Å². The zero-order valence-electron chi connectivity index (χ0n) is 9.88. The first kappa shape index (κ1) is 14.1. The van der Waals surface area contributed by atoms with Crippen LogP contribution in [0.3, 0.4) is 0 Å². The lowest BCUT2D eigenvalue weighted by molar-refractivity contribution is -0.141. The largest absolute Gasteiger partial charge is 0.433 e. The van der Waals surface area contributed by atoms with Crippen LogP contribution in [-0.2, 0) is 12.7 Å². The fourth-order valence-corrected chi connectivity index (χ4v) is 2.08. The minimum absolute atomic E-state index is 0.0384. The molecule has 0 aliphatic carbocycles. The first-order chi connectivity index (χ1) is 8.79. The summed E-state index contributed by atoms with van der Waals surface area (Å²) in [6.07, 6.45) is -4.43. The third-order valence-corrected chi connectivity index (χ3v) is 3.50. The zero-order chi connectivity index (χ0) is 14.2. The molecule has 19 heavy (non-hydrogen) atoms. The maximum atomic E-state index is 12.7. The van der Waals surface area contributed by atoms with E-state index < -0.39 is 11.9 Å². The molecule has 2 rings (SSSR count). The van der Waals surface area contributed by atoms with Crippen molar-refractivity contribution in [3.05, 3.63) is 50.7 Å². The van der Waals surface area contributed by atoms with Gasteiger partial charge in [-0.25, -0.2) is 0 Å². The molecule has 0 spiro atoms. The van der Waals surface area contributed by atoms with Crippen LogP contribution < -0.4 is 0 Å². The highest BCUT2D eigenvalue weighted by Crippen LogP contribution is 2.31. The van der Waals surface area contributed by atoms with Crippen molar-refractivity contribution in [2.45, 2.75) is 19.6 Å². The second-order valence-electron chi connectivity index (χ2n) is 4.13. The number of hydrogen-bond donors (Lipinski definition) is 1. The van der Waals surface area contributed by atoms with E-state index in [-0.39, 0.29) is 16.7 Å². The van der Waals surface area contributed by atoms with Gasteiger partial charge in [0.05, 0.1) is 6.54 Å². The van der Waals surface area contributed by atoms with Crippen LogP contribution in [-0.4, -0.2) is 9.78 Å². The molecular formula is C12H10ClF3N2S. The van der Waals surface area contributed by atoms with Gasteiger partial charge in [-0.2, -0.15) is 13.2 Å². The van der Waals surface area contributed by atoms with Crippen LogP contribution >= 0.6 is 23.8 Å². The summed E-state index contributed by atoms with van der Waals surface area (Å²) in [5.74, 6) is 0.